The highest BCUT2D eigenvalue weighted by Crippen LogP contribution is 2.49. The predicted molar refractivity (Wildman–Crippen MR) is 52.4 cm³/mol. The van der Waals surface area contributed by atoms with Gasteiger partial charge in [0.15, 0.2) is 5.78 Å². The van der Waals surface area contributed by atoms with Crippen LogP contribution < -0.4 is 0 Å². The summed E-state index contributed by atoms with van der Waals surface area (Å²) in [5, 5.41) is 8.66. The Morgan fingerprint density at radius 3 is 2.86 bits per heavy atom. The van der Waals surface area contributed by atoms with Gasteiger partial charge in [0, 0.05) is 0 Å². The number of aliphatic hydroxyl groups excluding tert-OH is 1. The Labute approximate surface area is 88.4 Å². The van der Waals surface area contributed by atoms with Crippen molar-refractivity contribution in [3.8, 4) is 0 Å². The van der Waals surface area contributed by atoms with E-state index in [2.05, 4.69) is 0 Å². The van der Waals surface area contributed by atoms with Crippen molar-refractivity contribution < 1.29 is 14.6 Å². The average Bonchev–Trinajstić information content (AvgIpc) is 2.55. The second-order valence-electron chi connectivity index (χ2n) is 4.76. The Morgan fingerprint density at radius 2 is 2.29 bits per heavy atom. The number of hydrogen-bond donors (Lipinski definition) is 1. The average molecular weight is 219 g/mol. The van der Waals surface area contributed by atoms with Gasteiger partial charge in [-0.25, -0.2) is 0 Å². The van der Waals surface area contributed by atoms with Crippen molar-refractivity contribution in [1.82, 2.24) is 0 Å². The van der Waals surface area contributed by atoms with Crippen LogP contribution in [-0.4, -0.2) is 34.6 Å². The van der Waals surface area contributed by atoms with Gasteiger partial charge >= 0.3 is 0 Å². The number of carbonyl (C=O) groups excluding carboxylic acids is 1. The molecule has 0 aromatic rings. The molecule has 2 heterocycles. The van der Waals surface area contributed by atoms with Crippen molar-refractivity contribution >= 4 is 17.4 Å². The number of alkyl halides is 1. The van der Waals surface area contributed by atoms with Crippen molar-refractivity contribution in [1.29, 1.82) is 0 Å². The topological polar surface area (TPSA) is 46.5 Å². The fourth-order valence-corrected chi connectivity index (χ4v) is 2.81. The molecule has 0 spiro atoms. The zero-order chi connectivity index (χ0) is 10.6. The number of ether oxygens (including phenoxy) is 1. The molecule has 4 atom stereocenters. The SMILES string of the molecule is CC12CCC(O1)C(C)(CO)C(=O)C2Cl. The normalized spacial score (nSPS) is 52.4. The van der Waals surface area contributed by atoms with Crippen LogP contribution in [0.2, 0.25) is 0 Å². The summed E-state index contributed by atoms with van der Waals surface area (Å²) in [6.07, 6.45) is 1.44. The molecule has 0 aliphatic carbocycles. The predicted octanol–water partition coefficient (Wildman–Crippen LogP) is 1.11. The van der Waals surface area contributed by atoms with Gasteiger partial charge in [-0.3, -0.25) is 4.79 Å². The van der Waals surface area contributed by atoms with Crippen molar-refractivity contribution in [3.63, 3.8) is 0 Å². The van der Waals surface area contributed by atoms with Crippen LogP contribution in [0.1, 0.15) is 26.7 Å². The molecule has 0 amide bonds. The molecule has 2 rings (SSSR count). The molecule has 1 N–H and O–H groups in total. The molecule has 4 unspecified atom stereocenters. The van der Waals surface area contributed by atoms with Crippen LogP contribution >= 0.6 is 11.6 Å². The molecule has 0 saturated carbocycles. The number of carbonyl (C=O) groups is 1. The first-order chi connectivity index (χ1) is 6.44. The summed E-state index contributed by atoms with van der Waals surface area (Å²) in [7, 11) is 0. The lowest BCUT2D eigenvalue weighted by molar-refractivity contribution is -0.167. The van der Waals surface area contributed by atoms with E-state index in [4.69, 9.17) is 16.3 Å². The Morgan fingerprint density at radius 1 is 1.64 bits per heavy atom. The third-order valence-electron chi connectivity index (χ3n) is 3.68. The molecule has 0 aromatic carbocycles. The number of Topliss-reactive ketones (excluding diaryl/α,β-unsaturated/α-hetero) is 1. The highest BCUT2D eigenvalue weighted by Gasteiger charge is 2.60. The third kappa shape index (κ3) is 1.09. The summed E-state index contributed by atoms with van der Waals surface area (Å²) in [4.78, 5) is 12.0. The number of rotatable bonds is 1. The molecular formula is C10H15ClO3. The van der Waals surface area contributed by atoms with Gasteiger partial charge in [0.05, 0.1) is 23.7 Å². The van der Waals surface area contributed by atoms with Gasteiger partial charge < -0.3 is 9.84 Å². The van der Waals surface area contributed by atoms with Crippen LogP contribution in [0.15, 0.2) is 0 Å². The Balaban J connectivity index is 2.38. The van der Waals surface area contributed by atoms with E-state index in [1.807, 2.05) is 6.92 Å². The molecule has 2 fully saturated rings. The maximum Gasteiger partial charge on any atom is 0.164 e. The Hall–Kier alpha value is -0.120. The minimum absolute atomic E-state index is 0.0714. The maximum atomic E-state index is 12.0. The maximum absolute atomic E-state index is 12.0. The van der Waals surface area contributed by atoms with Crippen LogP contribution in [0.3, 0.4) is 0 Å². The summed E-state index contributed by atoms with van der Waals surface area (Å²) in [5.41, 5.74) is -1.32. The van der Waals surface area contributed by atoms with E-state index >= 15 is 0 Å². The summed E-state index contributed by atoms with van der Waals surface area (Å²) in [6.45, 7) is 3.43. The van der Waals surface area contributed by atoms with E-state index in [0.29, 0.717) is 0 Å². The van der Waals surface area contributed by atoms with E-state index in [9.17, 15) is 9.90 Å². The van der Waals surface area contributed by atoms with Crippen molar-refractivity contribution in [2.45, 2.75) is 43.8 Å². The van der Waals surface area contributed by atoms with Crippen LogP contribution in [0.25, 0.3) is 0 Å². The second kappa shape index (κ2) is 2.94. The van der Waals surface area contributed by atoms with Gasteiger partial charge in [-0.15, -0.1) is 11.6 Å². The molecule has 2 bridgehead atoms. The molecular weight excluding hydrogens is 204 g/mol. The van der Waals surface area contributed by atoms with Crippen molar-refractivity contribution in [2.24, 2.45) is 5.41 Å². The van der Waals surface area contributed by atoms with E-state index in [0.717, 1.165) is 12.8 Å². The van der Waals surface area contributed by atoms with E-state index < -0.39 is 16.4 Å². The molecule has 14 heavy (non-hydrogen) atoms. The number of ketones is 1. The molecule has 2 aliphatic rings. The second-order valence-corrected chi connectivity index (χ2v) is 5.20. The van der Waals surface area contributed by atoms with Crippen molar-refractivity contribution in [2.75, 3.05) is 6.61 Å². The molecule has 4 heteroatoms. The van der Waals surface area contributed by atoms with E-state index in [-0.39, 0.29) is 18.5 Å². The van der Waals surface area contributed by atoms with Gasteiger partial charge in [0.1, 0.15) is 5.38 Å². The van der Waals surface area contributed by atoms with E-state index in [1.165, 1.54) is 0 Å². The van der Waals surface area contributed by atoms with Gasteiger partial charge in [0.2, 0.25) is 0 Å². The minimum atomic E-state index is -0.803. The zero-order valence-electron chi connectivity index (χ0n) is 8.42. The lowest BCUT2D eigenvalue weighted by atomic mass is 9.77. The summed E-state index contributed by atoms with van der Waals surface area (Å²) >= 11 is 6.08. The molecule has 80 valence electrons. The number of hydrogen-bond acceptors (Lipinski definition) is 3. The van der Waals surface area contributed by atoms with Crippen LogP contribution in [0, 0.1) is 5.41 Å². The standard InChI is InChI=1S/C10H15ClO3/c1-9(5-12)6-3-4-10(2,14-6)7(11)8(9)13/h6-7,12H,3-5H2,1-2H3. The molecule has 3 nitrogen and oxygen atoms in total. The fraction of sp³-hybridized carbons (Fsp3) is 0.900. The highest BCUT2D eigenvalue weighted by atomic mass is 35.5. The zero-order valence-corrected chi connectivity index (χ0v) is 9.17. The smallest absolute Gasteiger partial charge is 0.164 e. The van der Waals surface area contributed by atoms with Gasteiger partial charge in [-0.05, 0) is 26.7 Å². The largest absolute Gasteiger partial charge is 0.395 e. The summed E-state index contributed by atoms with van der Waals surface area (Å²) in [5.74, 6) is -0.0714. The monoisotopic (exact) mass is 218 g/mol. The molecule has 2 aliphatic heterocycles. The minimum Gasteiger partial charge on any atom is -0.395 e. The van der Waals surface area contributed by atoms with Gasteiger partial charge in [0.25, 0.3) is 0 Å². The Bertz CT molecular complexity index is 281. The summed E-state index contributed by atoms with van der Waals surface area (Å²) in [6, 6.07) is 0. The first-order valence-electron chi connectivity index (χ1n) is 4.91. The first kappa shape index (κ1) is 10.4. The van der Waals surface area contributed by atoms with Crippen molar-refractivity contribution in [3.05, 3.63) is 0 Å². The van der Waals surface area contributed by atoms with Crippen LogP contribution in [0.4, 0.5) is 0 Å². The summed E-state index contributed by atoms with van der Waals surface area (Å²) < 4.78 is 5.76. The van der Waals surface area contributed by atoms with Crippen LogP contribution in [-0.2, 0) is 9.53 Å². The number of halogens is 1. The quantitative estimate of drug-likeness (QED) is 0.671. The lowest BCUT2D eigenvalue weighted by Gasteiger charge is -2.43. The number of aliphatic hydroxyl groups is 1. The number of fused-ring (bicyclic) bond motifs is 2. The third-order valence-corrected chi connectivity index (χ3v) is 4.34. The van der Waals surface area contributed by atoms with Gasteiger partial charge in [-0.2, -0.15) is 0 Å². The molecule has 0 radical (unpaired) electrons. The molecule has 2 saturated heterocycles. The highest BCUT2D eigenvalue weighted by molar-refractivity contribution is 6.33. The van der Waals surface area contributed by atoms with Crippen LogP contribution in [0.5, 0.6) is 0 Å². The van der Waals surface area contributed by atoms with Gasteiger partial charge in [-0.1, -0.05) is 0 Å². The fourth-order valence-electron chi connectivity index (χ4n) is 2.40. The molecule has 0 aromatic heterocycles. The van der Waals surface area contributed by atoms with E-state index in [1.54, 1.807) is 6.92 Å². The first-order valence-corrected chi connectivity index (χ1v) is 5.35. The lowest BCUT2D eigenvalue weighted by Crippen LogP contribution is -2.57. The Kier molecular flexibility index (Phi) is 2.18.